The van der Waals surface area contributed by atoms with Crippen LogP contribution in [0.15, 0.2) is 59.0 Å². The molecule has 2 amide bonds. The van der Waals surface area contributed by atoms with Gasteiger partial charge in [0, 0.05) is 30.0 Å². The van der Waals surface area contributed by atoms with Gasteiger partial charge in [-0.1, -0.05) is 30.3 Å². The topological polar surface area (TPSA) is 97.1 Å². The fraction of sp³-hybridized carbons (Fsp3) is 0.333. The van der Waals surface area contributed by atoms with Gasteiger partial charge >= 0.3 is 0 Å². The van der Waals surface area contributed by atoms with Crippen molar-refractivity contribution in [3.8, 4) is 11.5 Å². The second kappa shape index (κ2) is 9.55. The molecule has 1 atom stereocenters. The Hall–Kier alpha value is -3.48. The predicted octanol–water partition coefficient (Wildman–Crippen LogP) is 4.29. The SMILES string of the molecule is CC(NC(=O)CCCc1nnc(-c2ccccc2)o1)c1ccc(NC(=O)C2CC2)cc1. The normalized spacial score (nSPS) is 14.1. The third-order valence-corrected chi connectivity index (χ3v) is 5.29. The van der Waals surface area contributed by atoms with Gasteiger partial charge in [0.05, 0.1) is 6.04 Å². The Balaban J connectivity index is 1.20. The minimum absolute atomic E-state index is 0.0265. The summed E-state index contributed by atoms with van der Waals surface area (Å²) in [5, 5.41) is 14.1. The lowest BCUT2D eigenvalue weighted by molar-refractivity contribution is -0.122. The van der Waals surface area contributed by atoms with Gasteiger partial charge in [-0.05, 0) is 56.0 Å². The lowest BCUT2D eigenvalue weighted by Gasteiger charge is -2.15. The van der Waals surface area contributed by atoms with Crippen molar-refractivity contribution < 1.29 is 14.0 Å². The maximum atomic E-state index is 12.3. The van der Waals surface area contributed by atoms with Gasteiger partial charge in [0.25, 0.3) is 0 Å². The van der Waals surface area contributed by atoms with Crippen LogP contribution >= 0.6 is 0 Å². The van der Waals surface area contributed by atoms with Crippen LogP contribution in [-0.4, -0.2) is 22.0 Å². The molecule has 7 nitrogen and oxygen atoms in total. The van der Waals surface area contributed by atoms with Gasteiger partial charge < -0.3 is 15.1 Å². The maximum Gasteiger partial charge on any atom is 0.247 e. The highest BCUT2D eigenvalue weighted by molar-refractivity contribution is 5.94. The molecule has 1 heterocycles. The van der Waals surface area contributed by atoms with Gasteiger partial charge in [0.2, 0.25) is 23.6 Å². The van der Waals surface area contributed by atoms with E-state index in [1.807, 2.05) is 61.5 Å². The first kappa shape index (κ1) is 20.8. The van der Waals surface area contributed by atoms with Gasteiger partial charge in [-0.25, -0.2) is 0 Å². The molecule has 1 aliphatic rings. The van der Waals surface area contributed by atoms with E-state index in [1.54, 1.807) is 0 Å². The number of amides is 2. The zero-order chi connectivity index (χ0) is 21.6. The molecule has 0 saturated heterocycles. The second-order valence-electron chi connectivity index (χ2n) is 7.90. The Morgan fingerprint density at radius 1 is 1.06 bits per heavy atom. The number of hydrogen-bond donors (Lipinski definition) is 2. The number of nitrogens with one attached hydrogen (secondary N) is 2. The minimum Gasteiger partial charge on any atom is -0.421 e. The molecule has 3 aromatic rings. The van der Waals surface area contributed by atoms with Crippen LogP contribution in [0.1, 0.15) is 50.1 Å². The summed E-state index contributed by atoms with van der Waals surface area (Å²) in [5.41, 5.74) is 2.65. The van der Waals surface area contributed by atoms with Gasteiger partial charge in [-0.3, -0.25) is 9.59 Å². The zero-order valence-electron chi connectivity index (χ0n) is 17.5. The fourth-order valence-corrected chi connectivity index (χ4v) is 3.29. The van der Waals surface area contributed by atoms with Crippen molar-refractivity contribution in [3.63, 3.8) is 0 Å². The van der Waals surface area contributed by atoms with E-state index in [1.165, 1.54) is 0 Å². The van der Waals surface area contributed by atoms with Gasteiger partial charge in [-0.15, -0.1) is 10.2 Å². The van der Waals surface area contributed by atoms with Crippen molar-refractivity contribution in [1.29, 1.82) is 0 Å². The summed E-state index contributed by atoms with van der Waals surface area (Å²) >= 11 is 0. The highest BCUT2D eigenvalue weighted by atomic mass is 16.4. The molecule has 160 valence electrons. The Labute approximate surface area is 181 Å². The first-order valence-electron chi connectivity index (χ1n) is 10.7. The highest BCUT2D eigenvalue weighted by Gasteiger charge is 2.29. The van der Waals surface area contributed by atoms with Gasteiger partial charge in [0.15, 0.2) is 0 Å². The van der Waals surface area contributed by atoms with Crippen LogP contribution in [0.25, 0.3) is 11.5 Å². The number of carbonyl (C=O) groups excluding carboxylic acids is 2. The van der Waals surface area contributed by atoms with Crippen LogP contribution in [0.5, 0.6) is 0 Å². The predicted molar refractivity (Wildman–Crippen MR) is 117 cm³/mol. The number of benzene rings is 2. The van der Waals surface area contributed by atoms with Crippen molar-refractivity contribution >= 4 is 17.5 Å². The number of rotatable bonds is 9. The van der Waals surface area contributed by atoms with Crippen LogP contribution in [0.3, 0.4) is 0 Å². The second-order valence-corrected chi connectivity index (χ2v) is 7.90. The van der Waals surface area contributed by atoms with Crippen LogP contribution in [0.2, 0.25) is 0 Å². The van der Waals surface area contributed by atoms with E-state index >= 15 is 0 Å². The number of aromatic nitrogens is 2. The molecule has 7 heteroatoms. The standard InChI is InChI=1S/C24H26N4O3/c1-16(17-12-14-20(15-13-17)26-23(30)18-10-11-18)25-21(29)8-5-9-22-27-28-24(31-22)19-6-3-2-4-7-19/h2-4,6-7,12-16,18H,5,8-11H2,1H3,(H,25,29)(H,26,30). The fourth-order valence-electron chi connectivity index (χ4n) is 3.29. The largest absolute Gasteiger partial charge is 0.421 e. The third-order valence-electron chi connectivity index (χ3n) is 5.29. The first-order valence-corrected chi connectivity index (χ1v) is 10.7. The van der Waals surface area contributed by atoms with E-state index in [4.69, 9.17) is 4.42 Å². The summed E-state index contributed by atoms with van der Waals surface area (Å²) in [6, 6.07) is 17.1. The van der Waals surface area contributed by atoms with Crippen LogP contribution in [0.4, 0.5) is 5.69 Å². The van der Waals surface area contributed by atoms with E-state index in [0.717, 1.165) is 29.7 Å². The molecule has 0 spiro atoms. The summed E-state index contributed by atoms with van der Waals surface area (Å²) < 4.78 is 5.68. The summed E-state index contributed by atoms with van der Waals surface area (Å²) in [4.78, 5) is 24.1. The summed E-state index contributed by atoms with van der Waals surface area (Å²) in [6.07, 6.45) is 3.52. The molecular formula is C24H26N4O3. The van der Waals surface area contributed by atoms with E-state index in [-0.39, 0.29) is 23.8 Å². The van der Waals surface area contributed by atoms with Crippen LogP contribution in [-0.2, 0) is 16.0 Å². The maximum absolute atomic E-state index is 12.3. The van der Waals surface area contributed by atoms with E-state index in [9.17, 15) is 9.59 Å². The average molecular weight is 418 g/mol. The Morgan fingerprint density at radius 3 is 2.52 bits per heavy atom. The van der Waals surface area contributed by atoms with Crippen molar-refractivity contribution in [2.24, 2.45) is 5.92 Å². The number of carbonyl (C=O) groups is 2. The molecule has 1 unspecified atom stereocenters. The summed E-state index contributed by atoms with van der Waals surface area (Å²) in [7, 11) is 0. The van der Waals surface area contributed by atoms with Crippen molar-refractivity contribution in [1.82, 2.24) is 15.5 Å². The number of aryl methyl sites for hydroxylation is 1. The van der Waals surface area contributed by atoms with Crippen molar-refractivity contribution in [2.75, 3.05) is 5.32 Å². The van der Waals surface area contributed by atoms with Crippen LogP contribution < -0.4 is 10.6 Å². The van der Waals surface area contributed by atoms with E-state index in [0.29, 0.717) is 31.0 Å². The zero-order valence-corrected chi connectivity index (χ0v) is 17.5. The van der Waals surface area contributed by atoms with E-state index in [2.05, 4.69) is 20.8 Å². The Morgan fingerprint density at radius 2 is 1.81 bits per heavy atom. The highest BCUT2D eigenvalue weighted by Crippen LogP contribution is 2.30. The van der Waals surface area contributed by atoms with Gasteiger partial charge in [-0.2, -0.15) is 0 Å². The lowest BCUT2D eigenvalue weighted by Crippen LogP contribution is -2.26. The molecule has 1 aliphatic carbocycles. The third kappa shape index (κ3) is 5.78. The number of anilines is 1. The summed E-state index contributed by atoms with van der Waals surface area (Å²) in [5.74, 6) is 1.26. The van der Waals surface area contributed by atoms with Crippen LogP contribution in [0, 0.1) is 5.92 Å². The van der Waals surface area contributed by atoms with Crippen molar-refractivity contribution in [3.05, 3.63) is 66.1 Å². The Bertz CT molecular complexity index is 1030. The Kier molecular flexibility index (Phi) is 6.40. The molecule has 0 radical (unpaired) electrons. The molecule has 2 N–H and O–H groups in total. The lowest BCUT2D eigenvalue weighted by atomic mass is 10.1. The molecule has 0 bridgehead atoms. The first-order chi connectivity index (χ1) is 15.1. The molecule has 1 saturated carbocycles. The smallest absolute Gasteiger partial charge is 0.247 e. The molecule has 31 heavy (non-hydrogen) atoms. The van der Waals surface area contributed by atoms with E-state index < -0.39 is 0 Å². The quantitative estimate of drug-likeness (QED) is 0.540. The number of nitrogens with zero attached hydrogens (tertiary/aromatic N) is 2. The molecule has 0 aliphatic heterocycles. The minimum atomic E-state index is -0.117. The molecule has 4 rings (SSSR count). The van der Waals surface area contributed by atoms with Crippen molar-refractivity contribution in [2.45, 2.75) is 45.1 Å². The van der Waals surface area contributed by atoms with Gasteiger partial charge in [0.1, 0.15) is 0 Å². The average Bonchev–Trinajstić information content (AvgIpc) is 3.53. The molecular weight excluding hydrogens is 392 g/mol. The summed E-state index contributed by atoms with van der Waals surface area (Å²) in [6.45, 7) is 1.94. The molecule has 2 aromatic carbocycles. The monoisotopic (exact) mass is 418 g/mol. The number of hydrogen-bond acceptors (Lipinski definition) is 5. The molecule has 1 fully saturated rings. The molecule has 1 aromatic heterocycles.